The highest BCUT2D eigenvalue weighted by atomic mass is 16.7. The van der Waals surface area contributed by atoms with Crippen LogP contribution >= 0.6 is 0 Å². The Kier molecular flexibility index (Phi) is 4.31. The number of hydrogen-bond acceptors (Lipinski definition) is 2. The summed E-state index contributed by atoms with van der Waals surface area (Å²) < 4.78 is 12.5. The summed E-state index contributed by atoms with van der Waals surface area (Å²) in [5.74, 6) is 0.892. The smallest absolute Gasteiger partial charge is 0.403 e. The van der Waals surface area contributed by atoms with Gasteiger partial charge in [-0.2, -0.15) is 0 Å². The monoisotopic (exact) mass is 274 g/mol. The molecule has 2 rings (SSSR count). The van der Waals surface area contributed by atoms with E-state index in [4.69, 9.17) is 9.31 Å². The standard InChI is InChI=1S/C17H27BO2/c1-13(2)15(12-14-10-8-7-9-11-14)18-19-16(3,4)17(5,6)20-18/h7-11,13,15H,12H2,1-6H3. The second kappa shape index (κ2) is 5.53. The van der Waals surface area contributed by atoms with Crippen molar-refractivity contribution in [1.82, 2.24) is 0 Å². The Hall–Kier alpha value is -0.795. The first-order valence-corrected chi connectivity index (χ1v) is 7.62. The first-order valence-electron chi connectivity index (χ1n) is 7.62. The van der Waals surface area contributed by atoms with Gasteiger partial charge in [0.1, 0.15) is 0 Å². The lowest BCUT2D eigenvalue weighted by atomic mass is 9.63. The zero-order chi connectivity index (χ0) is 15.0. The van der Waals surface area contributed by atoms with Gasteiger partial charge in [0.25, 0.3) is 0 Å². The highest BCUT2D eigenvalue weighted by Gasteiger charge is 2.53. The molecule has 1 atom stereocenters. The Morgan fingerprint density at radius 1 is 0.950 bits per heavy atom. The number of benzene rings is 1. The van der Waals surface area contributed by atoms with E-state index in [2.05, 4.69) is 71.9 Å². The van der Waals surface area contributed by atoms with Crippen LogP contribution < -0.4 is 0 Å². The summed E-state index contributed by atoms with van der Waals surface area (Å²) in [6.45, 7) is 13.0. The minimum atomic E-state index is -0.249. The fourth-order valence-electron chi connectivity index (χ4n) is 2.60. The lowest BCUT2D eigenvalue weighted by Crippen LogP contribution is -2.41. The van der Waals surface area contributed by atoms with Crippen LogP contribution in [0.15, 0.2) is 30.3 Å². The van der Waals surface area contributed by atoms with E-state index in [1.807, 2.05) is 0 Å². The van der Waals surface area contributed by atoms with Gasteiger partial charge in [-0.15, -0.1) is 0 Å². The first-order chi connectivity index (χ1) is 9.23. The van der Waals surface area contributed by atoms with E-state index in [-0.39, 0.29) is 18.3 Å². The minimum absolute atomic E-state index is 0.125. The summed E-state index contributed by atoms with van der Waals surface area (Å²) in [4.78, 5) is 0. The third kappa shape index (κ3) is 3.10. The molecule has 20 heavy (non-hydrogen) atoms. The molecule has 2 nitrogen and oxygen atoms in total. The van der Waals surface area contributed by atoms with Crippen molar-refractivity contribution in [1.29, 1.82) is 0 Å². The molecule has 0 bridgehead atoms. The zero-order valence-corrected chi connectivity index (χ0v) is 13.6. The largest absolute Gasteiger partial charge is 0.461 e. The maximum atomic E-state index is 6.24. The maximum absolute atomic E-state index is 6.24. The van der Waals surface area contributed by atoms with Crippen LogP contribution in [0.4, 0.5) is 0 Å². The molecule has 0 spiro atoms. The van der Waals surface area contributed by atoms with Crippen LogP contribution in [0.5, 0.6) is 0 Å². The van der Waals surface area contributed by atoms with Crippen LogP contribution in [0.1, 0.15) is 47.1 Å². The van der Waals surface area contributed by atoms with Crippen molar-refractivity contribution in [3.63, 3.8) is 0 Å². The van der Waals surface area contributed by atoms with E-state index in [1.165, 1.54) is 5.56 Å². The van der Waals surface area contributed by atoms with Gasteiger partial charge in [0.15, 0.2) is 0 Å². The predicted octanol–water partition coefficient (Wildman–Crippen LogP) is 4.35. The van der Waals surface area contributed by atoms with Gasteiger partial charge in [0, 0.05) is 5.82 Å². The van der Waals surface area contributed by atoms with E-state index in [0.29, 0.717) is 11.7 Å². The van der Waals surface area contributed by atoms with Gasteiger partial charge in [-0.3, -0.25) is 0 Å². The molecule has 3 heteroatoms. The minimum Gasteiger partial charge on any atom is -0.403 e. The van der Waals surface area contributed by atoms with Crippen molar-refractivity contribution in [3.05, 3.63) is 35.9 Å². The fraction of sp³-hybridized carbons (Fsp3) is 0.647. The number of rotatable bonds is 4. The van der Waals surface area contributed by atoms with E-state index in [1.54, 1.807) is 0 Å². The molecule has 0 aromatic heterocycles. The zero-order valence-electron chi connectivity index (χ0n) is 13.6. The van der Waals surface area contributed by atoms with Crippen LogP contribution in [0.25, 0.3) is 0 Å². The molecule has 1 aromatic carbocycles. The Labute approximate surface area is 124 Å². The van der Waals surface area contributed by atoms with Gasteiger partial charge in [-0.25, -0.2) is 0 Å². The van der Waals surface area contributed by atoms with Gasteiger partial charge in [0.05, 0.1) is 11.2 Å². The topological polar surface area (TPSA) is 18.5 Å². The molecular weight excluding hydrogens is 247 g/mol. The van der Waals surface area contributed by atoms with E-state index in [9.17, 15) is 0 Å². The van der Waals surface area contributed by atoms with Gasteiger partial charge in [-0.05, 0) is 45.6 Å². The molecule has 1 aliphatic heterocycles. The quantitative estimate of drug-likeness (QED) is 0.760. The van der Waals surface area contributed by atoms with Crippen molar-refractivity contribution in [3.8, 4) is 0 Å². The first kappa shape index (κ1) is 15.6. The lowest BCUT2D eigenvalue weighted by Gasteiger charge is -2.32. The van der Waals surface area contributed by atoms with E-state index >= 15 is 0 Å². The summed E-state index contributed by atoms with van der Waals surface area (Å²) >= 11 is 0. The number of hydrogen-bond donors (Lipinski definition) is 0. The molecular formula is C17H27BO2. The Morgan fingerprint density at radius 3 is 1.90 bits per heavy atom. The molecule has 1 saturated heterocycles. The fourth-order valence-corrected chi connectivity index (χ4v) is 2.60. The summed E-state index contributed by atoms with van der Waals surface area (Å²) in [5, 5.41) is 0. The summed E-state index contributed by atoms with van der Waals surface area (Å²) in [5.41, 5.74) is 0.851. The van der Waals surface area contributed by atoms with Gasteiger partial charge < -0.3 is 9.31 Å². The molecule has 1 unspecified atom stereocenters. The van der Waals surface area contributed by atoms with Crippen LogP contribution in [-0.4, -0.2) is 18.3 Å². The third-order valence-electron chi connectivity index (χ3n) is 4.79. The van der Waals surface area contributed by atoms with Crippen LogP contribution in [0.3, 0.4) is 0 Å². The second-order valence-electron chi connectivity index (χ2n) is 7.22. The average Bonchev–Trinajstić information content (AvgIpc) is 2.56. The van der Waals surface area contributed by atoms with Crippen molar-refractivity contribution in [2.24, 2.45) is 5.92 Å². The summed E-state index contributed by atoms with van der Waals surface area (Å²) in [6.07, 6.45) is 0.995. The SMILES string of the molecule is CC(C)C(Cc1ccccc1)B1OC(C)(C)C(C)(C)O1. The average molecular weight is 274 g/mol. The molecule has 0 radical (unpaired) electrons. The maximum Gasteiger partial charge on any atom is 0.461 e. The molecule has 1 aromatic rings. The molecule has 1 aliphatic rings. The molecule has 110 valence electrons. The summed E-state index contributed by atoms with van der Waals surface area (Å²) in [7, 11) is -0.125. The predicted molar refractivity (Wildman–Crippen MR) is 84.8 cm³/mol. The van der Waals surface area contributed by atoms with Gasteiger partial charge in [-0.1, -0.05) is 44.2 Å². The third-order valence-corrected chi connectivity index (χ3v) is 4.79. The molecule has 0 aliphatic carbocycles. The lowest BCUT2D eigenvalue weighted by molar-refractivity contribution is 0.00578. The molecule has 0 saturated carbocycles. The van der Waals surface area contributed by atoms with Crippen LogP contribution in [0, 0.1) is 5.92 Å². The van der Waals surface area contributed by atoms with E-state index in [0.717, 1.165) is 6.42 Å². The molecule has 1 heterocycles. The Balaban J connectivity index is 2.15. The Morgan fingerprint density at radius 2 is 1.45 bits per heavy atom. The second-order valence-corrected chi connectivity index (χ2v) is 7.22. The Bertz CT molecular complexity index is 424. The van der Waals surface area contributed by atoms with Crippen LogP contribution in [0.2, 0.25) is 5.82 Å². The summed E-state index contributed by atoms with van der Waals surface area (Å²) in [6, 6.07) is 10.6. The molecule has 0 N–H and O–H groups in total. The van der Waals surface area contributed by atoms with Crippen LogP contribution in [-0.2, 0) is 15.7 Å². The van der Waals surface area contributed by atoms with E-state index < -0.39 is 0 Å². The molecule has 0 amide bonds. The molecule has 1 fully saturated rings. The highest BCUT2D eigenvalue weighted by molar-refractivity contribution is 6.47. The van der Waals surface area contributed by atoms with Crippen molar-refractivity contribution < 1.29 is 9.31 Å². The van der Waals surface area contributed by atoms with Crippen molar-refractivity contribution >= 4 is 7.12 Å². The normalized spacial score (nSPS) is 22.2. The van der Waals surface area contributed by atoms with Gasteiger partial charge in [0.2, 0.25) is 0 Å². The van der Waals surface area contributed by atoms with Crippen molar-refractivity contribution in [2.45, 2.75) is 65.0 Å². The van der Waals surface area contributed by atoms with Crippen molar-refractivity contribution in [2.75, 3.05) is 0 Å². The highest BCUT2D eigenvalue weighted by Crippen LogP contribution is 2.42. The van der Waals surface area contributed by atoms with Gasteiger partial charge >= 0.3 is 7.12 Å².